The van der Waals surface area contributed by atoms with Crippen LogP contribution in [0.1, 0.15) is 34.4 Å². The number of aromatic nitrogens is 1. The van der Waals surface area contributed by atoms with Crippen LogP contribution in [0.5, 0.6) is 0 Å². The van der Waals surface area contributed by atoms with Gasteiger partial charge in [-0.05, 0) is 47.2 Å². The third-order valence-electron chi connectivity index (χ3n) is 6.53. The molecule has 6 rings (SSSR count). The highest BCUT2D eigenvalue weighted by atomic mass is 16.4. The summed E-state index contributed by atoms with van der Waals surface area (Å²) < 4.78 is 1.40. The molecule has 2 N–H and O–H groups in total. The van der Waals surface area contributed by atoms with Gasteiger partial charge in [0.15, 0.2) is 0 Å². The number of allylic oxidation sites excluding steroid dienone is 1. The summed E-state index contributed by atoms with van der Waals surface area (Å²) in [5.41, 5.74) is 6.97. The van der Waals surface area contributed by atoms with E-state index in [0.29, 0.717) is 0 Å². The molecule has 24 heavy (non-hydrogen) atoms. The summed E-state index contributed by atoms with van der Waals surface area (Å²) in [6.45, 7) is 0.924. The number of carbonyl (C=O) groups is 1. The summed E-state index contributed by atoms with van der Waals surface area (Å²) in [7, 11) is 0. The Kier molecular flexibility index (Phi) is 1.93. The van der Waals surface area contributed by atoms with Crippen LogP contribution in [-0.2, 0) is 11.8 Å². The molecular weight excluding hydrogens is 300 g/mol. The highest BCUT2D eigenvalue weighted by Crippen LogP contribution is 2.68. The molecule has 4 bridgehead atoms. The molecule has 4 heteroatoms. The lowest BCUT2D eigenvalue weighted by Crippen LogP contribution is -2.56. The minimum atomic E-state index is -0.901. The van der Waals surface area contributed by atoms with Crippen LogP contribution >= 0.6 is 0 Å². The number of hydrogen-bond acceptors (Lipinski definition) is 2. The average molecular weight is 316 g/mol. The van der Waals surface area contributed by atoms with Crippen molar-refractivity contribution in [3.63, 3.8) is 0 Å². The number of piperidine rings is 1. The highest BCUT2D eigenvalue weighted by molar-refractivity contribution is 5.83. The fourth-order valence-corrected chi connectivity index (χ4v) is 5.78. The molecule has 1 aromatic heterocycles. The molecule has 1 aliphatic heterocycles. The van der Waals surface area contributed by atoms with E-state index in [2.05, 4.69) is 41.7 Å². The first-order valence-electron chi connectivity index (χ1n) is 8.40. The highest BCUT2D eigenvalue weighted by Gasteiger charge is 2.65. The summed E-state index contributed by atoms with van der Waals surface area (Å²) >= 11 is 0. The Balaban J connectivity index is 1.79. The third-order valence-corrected chi connectivity index (χ3v) is 6.53. The number of fused-ring (bicyclic) bond motifs is 1. The maximum absolute atomic E-state index is 11.7. The van der Waals surface area contributed by atoms with Gasteiger partial charge in [-0.15, -0.1) is 0 Å². The monoisotopic (exact) mass is 316 g/mol. The molecule has 0 spiro atoms. The molecule has 2 atom stereocenters. The SMILES string of the molecule is O=C(O)n1cc2c3c1C=CC1(C2)C2=Cc4ccccc4C31CCN2. The number of nitrogens with one attached hydrogen (secondary N) is 1. The summed E-state index contributed by atoms with van der Waals surface area (Å²) in [4.78, 5) is 11.7. The van der Waals surface area contributed by atoms with E-state index < -0.39 is 6.09 Å². The molecule has 1 fully saturated rings. The molecule has 0 radical (unpaired) electrons. The lowest BCUT2D eigenvalue weighted by molar-refractivity contribution is 0.194. The van der Waals surface area contributed by atoms with Gasteiger partial charge in [0, 0.05) is 29.3 Å². The second kappa shape index (κ2) is 3.66. The van der Waals surface area contributed by atoms with Gasteiger partial charge in [-0.25, -0.2) is 4.79 Å². The van der Waals surface area contributed by atoms with Gasteiger partial charge >= 0.3 is 6.09 Å². The van der Waals surface area contributed by atoms with Gasteiger partial charge in [0.2, 0.25) is 0 Å². The van der Waals surface area contributed by atoms with E-state index in [0.717, 1.165) is 25.1 Å². The van der Waals surface area contributed by atoms with E-state index in [1.807, 2.05) is 12.3 Å². The zero-order valence-electron chi connectivity index (χ0n) is 13.0. The van der Waals surface area contributed by atoms with Gasteiger partial charge < -0.3 is 10.4 Å². The van der Waals surface area contributed by atoms with Crippen molar-refractivity contribution in [2.24, 2.45) is 5.41 Å². The van der Waals surface area contributed by atoms with Crippen LogP contribution < -0.4 is 5.32 Å². The summed E-state index contributed by atoms with van der Waals surface area (Å²) in [6.07, 6.45) is 9.38. The van der Waals surface area contributed by atoms with Crippen molar-refractivity contribution in [2.75, 3.05) is 6.54 Å². The second-order valence-electron chi connectivity index (χ2n) is 7.28. The normalized spacial score (nSPS) is 30.2. The molecule has 0 amide bonds. The molecule has 1 saturated heterocycles. The van der Waals surface area contributed by atoms with E-state index in [9.17, 15) is 9.90 Å². The Labute approximate surface area is 139 Å². The van der Waals surface area contributed by atoms with Crippen molar-refractivity contribution in [3.8, 4) is 0 Å². The minimum absolute atomic E-state index is 0.0745. The molecule has 0 saturated carbocycles. The van der Waals surface area contributed by atoms with Crippen LogP contribution in [0.4, 0.5) is 4.79 Å². The minimum Gasteiger partial charge on any atom is -0.464 e. The van der Waals surface area contributed by atoms with E-state index >= 15 is 0 Å². The number of carboxylic acid groups (broad SMARTS) is 1. The Hall–Kier alpha value is -2.75. The van der Waals surface area contributed by atoms with Crippen LogP contribution in [-0.4, -0.2) is 22.3 Å². The smallest absolute Gasteiger partial charge is 0.415 e. The second-order valence-corrected chi connectivity index (χ2v) is 7.28. The first kappa shape index (κ1) is 12.6. The van der Waals surface area contributed by atoms with E-state index in [1.54, 1.807) is 0 Å². The first-order valence-corrected chi connectivity index (χ1v) is 8.40. The lowest BCUT2D eigenvalue weighted by Gasteiger charge is -2.55. The van der Waals surface area contributed by atoms with Gasteiger partial charge in [-0.2, -0.15) is 0 Å². The quantitative estimate of drug-likeness (QED) is 0.784. The lowest BCUT2D eigenvalue weighted by atomic mass is 9.51. The predicted molar refractivity (Wildman–Crippen MR) is 90.8 cm³/mol. The number of nitrogens with zero attached hydrogens (tertiary/aromatic N) is 1. The Morgan fingerprint density at radius 2 is 2.17 bits per heavy atom. The maximum Gasteiger partial charge on any atom is 0.415 e. The topological polar surface area (TPSA) is 54.3 Å². The van der Waals surface area contributed by atoms with Crippen molar-refractivity contribution in [1.29, 1.82) is 0 Å². The average Bonchev–Trinajstić information content (AvgIpc) is 3.01. The standard InChI is InChI=1S/C20H16N2O2/c23-18(24)22-11-13-10-19-6-5-15(22)17(13)20(19)7-8-21-16(19)9-12-3-1-2-4-14(12)20/h1-6,9,11,21H,7-8,10H2,(H,23,24). The molecule has 2 aromatic rings. The van der Waals surface area contributed by atoms with Gasteiger partial charge in [0.1, 0.15) is 0 Å². The molecule has 4 aliphatic rings. The summed E-state index contributed by atoms with van der Waals surface area (Å²) in [6, 6.07) is 8.59. The molecule has 2 unspecified atom stereocenters. The first-order chi connectivity index (χ1) is 11.7. The zero-order chi connectivity index (χ0) is 16.1. The molecule has 118 valence electrons. The van der Waals surface area contributed by atoms with Crippen LogP contribution in [0.15, 0.2) is 42.2 Å². The van der Waals surface area contributed by atoms with Crippen LogP contribution in [0.2, 0.25) is 0 Å². The Morgan fingerprint density at radius 3 is 3.04 bits per heavy atom. The van der Waals surface area contributed by atoms with E-state index in [1.165, 1.54) is 32.5 Å². The van der Waals surface area contributed by atoms with Crippen molar-refractivity contribution in [2.45, 2.75) is 18.3 Å². The predicted octanol–water partition coefficient (Wildman–Crippen LogP) is 3.22. The molecule has 2 heterocycles. The van der Waals surface area contributed by atoms with Crippen molar-refractivity contribution in [3.05, 3.63) is 70.2 Å². The van der Waals surface area contributed by atoms with Crippen LogP contribution in [0.25, 0.3) is 12.2 Å². The van der Waals surface area contributed by atoms with Gasteiger partial charge in [-0.3, -0.25) is 4.57 Å². The van der Waals surface area contributed by atoms with Crippen LogP contribution in [0, 0.1) is 5.41 Å². The number of rotatable bonds is 0. The molecular formula is C20H16N2O2. The summed E-state index contributed by atoms with van der Waals surface area (Å²) in [5.74, 6) is 0. The number of hydrogen-bond donors (Lipinski definition) is 2. The van der Waals surface area contributed by atoms with Gasteiger partial charge in [-0.1, -0.05) is 30.3 Å². The van der Waals surface area contributed by atoms with E-state index in [4.69, 9.17) is 0 Å². The van der Waals surface area contributed by atoms with Crippen molar-refractivity contribution in [1.82, 2.24) is 9.88 Å². The fraction of sp³-hybridized carbons (Fsp3) is 0.250. The van der Waals surface area contributed by atoms with E-state index in [-0.39, 0.29) is 10.8 Å². The molecule has 1 aromatic carbocycles. The number of benzene rings is 1. The third kappa shape index (κ3) is 1.07. The largest absolute Gasteiger partial charge is 0.464 e. The van der Waals surface area contributed by atoms with Crippen LogP contribution in [0.3, 0.4) is 0 Å². The molecule has 4 nitrogen and oxygen atoms in total. The Morgan fingerprint density at radius 1 is 1.29 bits per heavy atom. The molecule has 3 aliphatic carbocycles. The van der Waals surface area contributed by atoms with Gasteiger partial charge in [0.05, 0.1) is 5.69 Å². The maximum atomic E-state index is 11.7. The Bertz CT molecular complexity index is 1010. The zero-order valence-corrected chi connectivity index (χ0v) is 13.0. The van der Waals surface area contributed by atoms with Crippen molar-refractivity contribution < 1.29 is 9.90 Å². The van der Waals surface area contributed by atoms with Gasteiger partial charge in [0.25, 0.3) is 0 Å². The fourth-order valence-electron chi connectivity index (χ4n) is 5.78. The van der Waals surface area contributed by atoms with Crippen molar-refractivity contribution >= 4 is 18.2 Å². The summed E-state index contributed by atoms with van der Waals surface area (Å²) in [5, 5.41) is 13.2.